The third-order valence-corrected chi connectivity index (χ3v) is 0.529. The van der Waals surface area contributed by atoms with E-state index in [1.165, 1.54) is 0 Å². The van der Waals surface area contributed by atoms with Gasteiger partial charge in [-0.2, -0.15) is 0 Å². The van der Waals surface area contributed by atoms with Gasteiger partial charge in [-0.1, -0.05) is 12.1 Å². The van der Waals surface area contributed by atoms with Crippen LogP contribution in [0.15, 0.2) is 5.16 Å². The fourth-order valence-electron chi connectivity index (χ4n) is 0.239. The van der Waals surface area contributed by atoms with Gasteiger partial charge in [-0.15, -0.1) is 0 Å². The Balaban J connectivity index is 3.03. The van der Waals surface area contributed by atoms with Crippen LogP contribution >= 0.6 is 0 Å². The lowest BCUT2D eigenvalue weighted by atomic mass is 10.5. The largest absolute Gasteiger partial charge is 0.393 e. The first-order valence-electron chi connectivity index (χ1n) is 2.95. The topological polar surface area (TPSA) is 21.6 Å². The van der Waals surface area contributed by atoms with E-state index in [4.69, 9.17) is 4.84 Å². The highest BCUT2D eigenvalue weighted by atomic mass is 16.6. The third-order valence-electron chi connectivity index (χ3n) is 0.529. The molecule has 48 valence electrons. The predicted molar refractivity (Wildman–Crippen MR) is 35.0 cm³/mol. The molecule has 0 heterocycles. The van der Waals surface area contributed by atoms with Crippen molar-refractivity contribution in [3.05, 3.63) is 0 Å². The molecular weight excluding hydrogens is 102 g/mol. The molecule has 0 aliphatic carbocycles. The summed E-state index contributed by atoms with van der Waals surface area (Å²) >= 11 is 0. The molecule has 0 saturated heterocycles. The van der Waals surface area contributed by atoms with E-state index in [-0.39, 0.29) is 6.10 Å². The summed E-state index contributed by atoms with van der Waals surface area (Å²) in [5, 5.41) is 3.66. The molecule has 0 N–H and O–H groups in total. The van der Waals surface area contributed by atoms with Crippen LogP contribution in [0.2, 0.25) is 0 Å². The summed E-state index contributed by atoms with van der Waals surface area (Å²) in [6.45, 7) is 5.92. The number of oxime groups is 1. The Labute approximate surface area is 50.5 Å². The van der Waals surface area contributed by atoms with Crippen molar-refractivity contribution in [2.24, 2.45) is 5.16 Å². The summed E-state index contributed by atoms with van der Waals surface area (Å²) in [6.07, 6.45) is 2.89. The lowest BCUT2D eigenvalue weighted by Gasteiger charge is -1.98. The zero-order valence-electron chi connectivity index (χ0n) is 5.72. The molecule has 0 aliphatic rings. The summed E-state index contributed by atoms with van der Waals surface area (Å²) in [6, 6.07) is 0. The molecule has 0 spiro atoms. The first kappa shape index (κ1) is 7.47. The molecule has 0 aromatic heterocycles. The van der Waals surface area contributed by atoms with Crippen LogP contribution in [-0.2, 0) is 4.84 Å². The van der Waals surface area contributed by atoms with Gasteiger partial charge in [0.2, 0.25) is 0 Å². The molecule has 2 heteroatoms. The fourth-order valence-corrected chi connectivity index (χ4v) is 0.239. The highest BCUT2D eigenvalue weighted by Gasteiger charge is 1.84. The smallest absolute Gasteiger partial charge is 0.121 e. The minimum atomic E-state index is 0.206. The van der Waals surface area contributed by atoms with Gasteiger partial charge >= 0.3 is 0 Å². The molecule has 0 atom stereocenters. The number of hydrogen-bond donors (Lipinski definition) is 0. The molecular formula is C6H13NO. The summed E-state index contributed by atoms with van der Waals surface area (Å²) < 4.78 is 0. The molecule has 0 amide bonds. The molecule has 0 radical (unpaired) electrons. The molecule has 0 aromatic rings. The average molecular weight is 115 g/mol. The van der Waals surface area contributed by atoms with Gasteiger partial charge in [0, 0.05) is 6.21 Å². The van der Waals surface area contributed by atoms with Gasteiger partial charge in [0.1, 0.15) is 6.10 Å². The molecule has 0 rings (SSSR count). The first-order chi connectivity index (χ1) is 3.77. The van der Waals surface area contributed by atoms with Crippen molar-refractivity contribution >= 4 is 6.21 Å². The fraction of sp³-hybridized carbons (Fsp3) is 0.833. The minimum Gasteiger partial charge on any atom is -0.393 e. The van der Waals surface area contributed by atoms with Crippen molar-refractivity contribution in [3.63, 3.8) is 0 Å². The van der Waals surface area contributed by atoms with Gasteiger partial charge in [-0.25, -0.2) is 0 Å². The maximum Gasteiger partial charge on any atom is 0.121 e. The molecule has 0 bridgehead atoms. The van der Waals surface area contributed by atoms with Crippen LogP contribution in [0.3, 0.4) is 0 Å². The van der Waals surface area contributed by atoms with E-state index in [2.05, 4.69) is 5.16 Å². The first-order valence-corrected chi connectivity index (χ1v) is 2.95. The standard InChI is InChI=1S/C6H13NO/c1-4-5-7-8-6(2)3/h5-6H,4H2,1-3H3/b7-5-. The molecule has 0 saturated carbocycles. The van der Waals surface area contributed by atoms with Crippen LogP contribution in [0.1, 0.15) is 27.2 Å². The van der Waals surface area contributed by atoms with E-state index >= 15 is 0 Å². The van der Waals surface area contributed by atoms with Gasteiger partial charge in [-0.3, -0.25) is 0 Å². The van der Waals surface area contributed by atoms with E-state index < -0.39 is 0 Å². The van der Waals surface area contributed by atoms with Gasteiger partial charge in [-0.05, 0) is 20.3 Å². The maximum atomic E-state index is 4.85. The Hall–Kier alpha value is -0.530. The van der Waals surface area contributed by atoms with E-state index in [9.17, 15) is 0 Å². The van der Waals surface area contributed by atoms with E-state index in [0.717, 1.165) is 6.42 Å². The lowest BCUT2D eigenvalue weighted by molar-refractivity contribution is 0.0868. The van der Waals surface area contributed by atoms with Crippen LogP contribution in [0.4, 0.5) is 0 Å². The Morgan fingerprint density at radius 2 is 2.25 bits per heavy atom. The molecule has 0 aliphatic heterocycles. The van der Waals surface area contributed by atoms with E-state index in [1.54, 1.807) is 6.21 Å². The highest BCUT2D eigenvalue weighted by molar-refractivity contribution is 5.55. The number of rotatable bonds is 3. The molecule has 0 aromatic carbocycles. The Kier molecular flexibility index (Phi) is 4.32. The van der Waals surface area contributed by atoms with Crippen LogP contribution in [0.25, 0.3) is 0 Å². The Morgan fingerprint density at radius 1 is 1.62 bits per heavy atom. The summed E-state index contributed by atoms with van der Waals surface area (Å²) in [4.78, 5) is 4.85. The monoisotopic (exact) mass is 115 g/mol. The van der Waals surface area contributed by atoms with Gasteiger partial charge in [0.25, 0.3) is 0 Å². The van der Waals surface area contributed by atoms with Crippen molar-refractivity contribution in [2.75, 3.05) is 0 Å². The summed E-state index contributed by atoms with van der Waals surface area (Å²) in [7, 11) is 0. The van der Waals surface area contributed by atoms with Gasteiger partial charge in [0.05, 0.1) is 0 Å². The second-order valence-electron chi connectivity index (χ2n) is 1.85. The second kappa shape index (κ2) is 4.62. The number of hydrogen-bond acceptors (Lipinski definition) is 2. The van der Waals surface area contributed by atoms with Gasteiger partial charge in [0.15, 0.2) is 0 Å². The van der Waals surface area contributed by atoms with Crippen LogP contribution < -0.4 is 0 Å². The maximum absolute atomic E-state index is 4.85. The summed E-state index contributed by atoms with van der Waals surface area (Å²) in [5.74, 6) is 0. The van der Waals surface area contributed by atoms with Crippen molar-refractivity contribution in [1.29, 1.82) is 0 Å². The lowest BCUT2D eigenvalue weighted by Crippen LogP contribution is -1.95. The predicted octanol–water partition coefficient (Wildman–Crippen LogP) is 1.81. The zero-order valence-corrected chi connectivity index (χ0v) is 5.72. The molecule has 0 unspecified atom stereocenters. The van der Waals surface area contributed by atoms with Crippen LogP contribution in [-0.4, -0.2) is 12.3 Å². The third kappa shape index (κ3) is 5.47. The van der Waals surface area contributed by atoms with Crippen molar-refractivity contribution in [3.8, 4) is 0 Å². The molecule has 0 fully saturated rings. The average Bonchev–Trinajstić information content (AvgIpc) is 1.66. The van der Waals surface area contributed by atoms with Crippen molar-refractivity contribution in [2.45, 2.75) is 33.3 Å². The normalized spacial score (nSPS) is 11.0. The van der Waals surface area contributed by atoms with E-state index in [0.29, 0.717) is 0 Å². The minimum absolute atomic E-state index is 0.206. The molecule has 2 nitrogen and oxygen atoms in total. The van der Waals surface area contributed by atoms with Crippen molar-refractivity contribution in [1.82, 2.24) is 0 Å². The second-order valence-corrected chi connectivity index (χ2v) is 1.85. The number of nitrogens with zero attached hydrogens (tertiary/aromatic N) is 1. The summed E-state index contributed by atoms with van der Waals surface area (Å²) in [5.41, 5.74) is 0. The Bertz CT molecular complexity index is 68.9. The molecule has 8 heavy (non-hydrogen) atoms. The zero-order chi connectivity index (χ0) is 6.41. The Morgan fingerprint density at radius 3 is 2.62 bits per heavy atom. The highest BCUT2D eigenvalue weighted by Crippen LogP contribution is 1.86. The van der Waals surface area contributed by atoms with Crippen LogP contribution in [0, 0.1) is 0 Å². The van der Waals surface area contributed by atoms with E-state index in [1.807, 2.05) is 20.8 Å². The van der Waals surface area contributed by atoms with Gasteiger partial charge < -0.3 is 4.84 Å². The quantitative estimate of drug-likeness (QED) is 0.406. The SMILES string of the molecule is CC/C=N\OC(C)C. The van der Waals surface area contributed by atoms with Crippen LogP contribution in [0.5, 0.6) is 0 Å². The van der Waals surface area contributed by atoms with Crippen molar-refractivity contribution < 1.29 is 4.84 Å².